The number of nitrogens with two attached hydrogens (primary N) is 1. The van der Waals surface area contributed by atoms with Crippen molar-refractivity contribution in [3.63, 3.8) is 0 Å². The van der Waals surface area contributed by atoms with Crippen LogP contribution in [0.25, 0.3) is 0 Å². The van der Waals surface area contributed by atoms with Crippen LogP contribution in [0, 0.1) is 0 Å². The molecule has 6 nitrogen and oxygen atoms in total. The van der Waals surface area contributed by atoms with Crippen LogP contribution in [-0.2, 0) is 16.4 Å². The molecule has 2 rings (SSSR count). The molecule has 1 aliphatic rings. The molecular weight excluding hydrogens is 266 g/mol. The standard InChI is InChI=1S/C12H17N3O3S/c13-19(17,18)8-7-15-12(16)10-5-1-3-9-4-2-6-14-11(9)10/h1,3,5,14H,2,4,6-8H2,(H,15,16)(H2,13,17,18). The lowest BCUT2D eigenvalue weighted by Gasteiger charge is -2.20. The first-order chi connectivity index (χ1) is 8.97. The van der Waals surface area contributed by atoms with Gasteiger partial charge in [-0.05, 0) is 24.5 Å². The summed E-state index contributed by atoms with van der Waals surface area (Å²) < 4.78 is 21.6. The summed E-state index contributed by atoms with van der Waals surface area (Å²) in [6.45, 7) is 0.857. The molecule has 0 aromatic heterocycles. The van der Waals surface area contributed by atoms with Crippen LogP contribution in [-0.4, -0.2) is 33.2 Å². The number of fused-ring (bicyclic) bond motifs is 1. The lowest BCUT2D eigenvalue weighted by molar-refractivity contribution is 0.0957. The number of nitrogens with one attached hydrogen (secondary N) is 2. The highest BCUT2D eigenvalue weighted by Crippen LogP contribution is 2.25. The number of sulfonamides is 1. The molecule has 0 bridgehead atoms. The summed E-state index contributed by atoms with van der Waals surface area (Å²) in [4.78, 5) is 12.0. The molecule has 1 heterocycles. The molecule has 4 N–H and O–H groups in total. The number of hydrogen-bond donors (Lipinski definition) is 3. The van der Waals surface area contributed by atoms with Gasteiger partial charge in [-0.2, -0.15) is 0 Å². The number of amides is 1. The Morgan fingerprint density at radius 3 is 2.95 bits per heavy atom. The molecule has 7 heteroatoms. The smallest absolute Gasteiger partial charge is 0.253 e. The summed E-state index contributed by atoms with van der Waals surface area (Å²) in [6.07, 6.45) is 1.99. The van der Waals surface area contributed by atoms with Crippen molar-refractivity contribution in [2.75, 3.05) is 24.2 Å². The fraction of sp³-hybridized carbons (Fsp3) is 0.417. The van der Waals surface area contributed by atoms with Crippen LogP contribution in [0.2, 0.25) is 0 Å². The summed E-state index contributed by atoms with van der Waals surface area (Å²) >= 11 is 0. The van der Waals surface area contributed by atoms with Crippen LogP contribution >= 0.6 is 0 Å². The normalized spacial score (nSPS) is 14.4. The molecule has 0 atom stereocenters. The molecule has 0 radical (unpaired) electrons. The van der Waals surface area contributed by atoms with Crippen molar-refractivity contribution >= 4 is 21.6 Å². The van der Waals surface area contributed by atoms with Crippen molar-refractivity contribution in [3.8, 4) is 0 Å². The molecule has 1 amide bonds. The molecule has 0 unspecified atom stereocenters. The van der Waals surface area contributed by atoms with Crippen LogP contribution in [0.1, 0.15) is 22.3 Å². The molecule has 19 heavy (non-hydrogen) atoms. The fourth-order valence-electron chi connectivity index (χ4n) is 2.10. The molecule has 0 aliphatic carbocycles. The van der Waals surface area contributed by atoms with E-state index >= 15 is 0 Å². The summed E-state index contributed by atoms with van der Waals surface area (Å²) in [6, 6.07) is 5.55. The highest BCUT2D eigenvalue weighted by Gasteiger charge is 2.17. The first-order valence-electron chi connectivity index (χ1n) is 6.12. The van der Waals surface area contributed by atoms with E-state index < -0.39 is 10.0 Å². The van der Waals surface area contributed by atoms with E-state index in [9.17, 15) is 13.2 Å². The molecule has 0 saturated heterocycles. The number of benzene rings is 1. The number of anilines is 1. The van der Waals surface area contributed by atoms with Gasteiger partial charge in [0.1, 0.15) is 0 Å². The molecule has 1 aliphatic heterocycles. The van der Waals surface area contributed by atoms with E-state index in [4.69, 9.17) is 5.14 Å². The van der Waals surface area contributed by atoms with Crippen molar-refractivity contribution in [1.29, 1.82) is 0 Å². The highest BCUT2D eigenvalue weighted by atomic mass is 32.2. The van der Waals surface area contributed by atoms with E-state index in [1.54, 1.807) is 6.07 Å². The monoisotopic (exact) mass is 283 g/mol. The average molecular weight is 283 g/mol. The Hall–Kier alpha value is -1.60. The summed E-state index contributed by atoms with van der Waals surface area (Å²) in [5, 5.41) is 10.7. The van der Waals surface area contributed by atoms with Crippen LogP contribution in [0.4, 0.5) is 5.69 Å². The number of aryl methyl sites for hydroxylation is 1. The van der Waals surface area contributed by atoms with Gasteiger partial charge in [-0.15, -0.1) is 0 Å². The van der Waals surface area contributed by atoms with E-state index in [1.807, 2.05) is 12.1 Å². The molecule has 1 aromatic carbocycles. The minimum absolute atomic E-state index is 0.0152. The van der Waals surface area contributed by atoms with Crippen molar-refractivity contribution < 1.29 is 13.2 Å². The second-order valence-electron chi connectivity index (χ2n) is 4.49. The topological polar surface area (TPSA) is 101 Å². The predicted octanol–water partition coefficient (Wildman–Crippen LogP) is 0.0630. The van der Waals surface area contributed by atoms with Gasteiger partial charge >= 0.3 is 0 Å². The average Bonchev–Trinajstić information content (AvgIpc) is 2.36. The molecule has 1 aromatic rings. The van der Waals surface area contributed by atoms with Crippen molar-refractivity contribution in [2.24, 2.45) is 5.14 Å². The molecule has 104 valence electrons. The second-order valence-corrected chi connectivity index (χ2v) is 6.23. The van der Waals surface area contributed by atoms with E-state index in [2.05, 4.69) is 10.6 Å². The Morgan fingerprint density at radius 1 is 1.42 bits per heavy atom. The Kier molecular flexibility index (Phi) is 4.06. The number of rotatable bonds is 4. The number of carbonyl (C=O) groups excluding carboxylic acids is 1. The molecule has 0 fully saturated rings. The number of primary sulfonamides is 1. The van der Waals surface area contributed by atoms with Crippen LogP contribution in [0.5, 0.6) is 0 Å². The van der Waals surface area contributed by atoms with Gasteiger partial charge in [0.2, 0.25) is 10.0 Å². The Morgan fingerprint density at radius 2 is 2.21 bits per heavy atom. The highest BCUT2D eigenvalue weighted by molar-refractivity contribution is 7.89. The molecule has 0 spiro atoms. The third-order valence-corrected chi connectivity index (χ3v) is 3.77. The zero-order valence-corrected chi connectivity index (χ0v) is 11.3. The third kappa shape index (κ3) is 3.68. The van der Waals surface area contributed by atoms with Gasteiger partial charge in [0.25, 0.3) is 5.91 Å². The van der Waals surface area contributed by atoms with E-state index in [0.29, 0.717) is 5.56 Å². The van der Waals surface area contributed by atoms with E-state index in [0.717, 1.165) is 30.6 Å². The van der Waals surface area contributed by atoms with Crippen molar-refractivity contribution in [3.05, 3.63) is 29.3 Å². The maximum atomic E-state index is 12.0. The SMILES string of the molecule is NS(=O)(=O)CCNC(=O)c1cccc2c1NCCC2. The van der Waals surface area contributed by atoms with Crippen molar-refractivity contribution in [1.82, 2.24) is 5.32 Å². The zero-order chi connectivity index (χ0) is 13.9. The van der Waals surface area contributed by atoms with Gasteiger partial charge in [-0.1, -0.05) is 12.1 Å². The lowest BCUT2D eigenvalue weighted by atomic mass is 9.99. The minimum Gasteiger partial charge on any atom is -0.384 e. The third-order valence-electron chi connectivity index (χ3n) is 2.99. The van der Waals surface area contributed by atoms with Crippen LogP contribution in [0.3, 0.4) is 0 Å². The predicted molar refractivity (Wildman–Crippen MR) is 73.6 cm³/mol. The van der Waals surface area contributed by atoms with Gasteiger partial charge < -0.3 is 10.6 Å². The molecule has 0 saturated carbocycles. The van der Waals surface area contributed by atoms with Gasteiger partial charge in [0.05, 0.1) is 17.0 Å². The first kappa shape index (κ1) is 13.8. The summed E-state index contributed by atoms with van der Waals surface area (Å²) in [5.41, 5.74) is 2.51. The lowest BCUT2D eigenvalue weighted by Crippen LogP contribution is -2.32. The summed E-state index contributed by atoms with van der Waals surface area (Å²) in [7, 11) is -3.55. The maximum absolute atomic E-state index is 12.0. The number of hydrogen-bond acceptors (Lipinski definition) is 4. The maximum Gasteiger partial charge on any atom is 0.253 e. The summed E-state index contributed by atoms with van der Waals surface area (Å²) in [5.74, 6) is -0.545. The van der Waals surface area contributed by atoms with Crippen molar-refractivity contribution in [2.45, 2.75) is 12.8 Å². The Labute approximate surface area is 112 Å². The van der Waals surface area contributed by atoms with Crippen LogP contribution in [0.15, 0.2) is 18.2 Å². The van der Waals surface area contributed by atoms with Gasteiger partial charge in [-0.3, -0.25) is 4.79 Å². The first-order valence-corrected chi connectivity index (χ1v) is 7.83. The van der Waals surface area contributed by atoms with Crippen LogP contribution < -0.4 is 15.8 Å². The van der Waals surface area contributed by atoms with Gasteiger partial charge in [0, 0.05) is 13.1 Å². The number of carbonyl (C=O) groups is 1. The Balaban J connectivity index is 2.07. The number of para-hydroxylation sites is 1. The van der Waals surface area contributed by atoms with Gasteiger partial charge in [-0.25, -0.2) is 13.6 Å². The second kappa shape index (κ2) is 5.58. The van der Waals surface area contributed by atoms with E-state index in [1.165, 1.54) is 0 Å². The molecular formula is C12H17N3O3S. The minimum atomic E-state index is -3.55. The largest absolute Gasteiger partial charge is 0.384 e. The zero-order valence-electron chi connectivity index (χ0n) is 10.5. The van der Waals surface area contributed by atoms with Gasteiger partial charge in [0.15, 0.2) is 0 Å². The quantitative estimate of drug-likeness (QED) is 0.727. The Bertz CT molecular complexity index is 584. The van der Waals surface area contributed by atoms with E-state index in [-0.39, 0.29) is 18.2 Å². The fourth-order valence-corrected chi connectivity index (χ4v) is 2.49.